The number of para-hydroxylation sites is 1. The molecule has 3 rings (SSSR count). The summed E-state index contributed by atoms with van der Waals surface area (Å²) in [6, 6.07) is 7.47. The molecule has 7 nitrogen and oxygen atoms in total. The zero-order chi connectivity index (χ0) is 14.1. The number of benzene rings is 1. The third kappa shape index (κ3) is 1.89. The van der Waals surface area contributed by atoms with Crippen molar-refractivity contribution >= 4 is 28.1 Å². The Balaban J connectivity index is 2.11. The molecule has 0 radical (unpaired) electrons. The number of carbonyl (C=O) groups excluding carboxylic acids is 1. The fourth-order valence-electron chi connectivity index (χ4n) is 2.02. The van der Waals surface area contributed by atoms with Crippen LogP contribution in [0.3, 0.4) is 0 Å². The van der Waals surface area contributed by atoms with E-state index in [9.17, 15) is 4.79 Å². The first kappa shape index (κ1) is 12.2. The molecule has 0 saturated heterocycles. The Kier molecular flexibility index (Phi) is 2.86. The first-order chi connectivity index (χ1) is 9.70. The zero-order valence-electron chi connectivity index (χ0n) is 10.7. The van der Waals surface area contributed by atoms with Crippen LogP contribution in [0, 0.1) is 0 Å². The molecular weight excluding hydrogens is 260 g/mol. The molecule has 1 aromatic carbocycles. The number of fused-ring (bicyclic) bond motifs is 3. The van der Waals surface area contributed by atoms with E-state index in [-0.39, 0.29) is 12.6 Å². The number of aromatic nitrogens is 3. The number of nitrogens with two attached hydrogens (primary N) is 1. The van der Waals surface area contributed by atoms with Gasteiger partial charge >= 0.3 is 12.2 Å². The van der Waals surface area contributed by atoms with Crippen LogP contribution in [0.25, 0.3) is 21.9 Å². The summed E-state index contributed by atoms with van der Waals surface area (Å²) in [4.78, 5) is 19.4. The Morgan fingerprint density at radius 2 is 2.15 bits per heavy atom. The number of hydrogen-bond donors (Lipinski definition) is 1. The Labute approximate surface area is 113 Å². The molecule has 0 atom stereocenters. The van der Waals surface area contributed by atoms with Crippen LogP contribution in [-0.2, 0) is 4.74 Å². The molecular formula is C13H12N4O3. The molecule has 102 valence electrons. The summed E-state index contributed by atoms with van der Waals surface area (Å²) in [7, 11) is 0. The summed E-state index contributed by atoms with van der Waals surface area (Å²) >= 11 is 0. The average molecular weight is 272 g/mol. The molecule has 20 heavy (non-hydrogen) atoms. The number of ether oxygens (including phenoxy) is 2. The van der Waals surface area contributed by atoms with E-state index in [1.165, 1.54) is 10.9 Å². The highest BCUT2D eigenvalue weighted by Crippen LogP contribution is 2.25. The maximum atomic E-state index is 11.3. The van der Waals surface area contributed by atoms with Crippen molar-refractivity contribution in [3.05, 3.63) is 30.5 Å². The van der Waals surface area contributed by atoms with Gasteiger partial charge in [-0.2, -0.15) is 4.98 Å². The molecule has 0 aliphatic carbocycles. The van der Waals surface area contributed by atoms with Gasteiger partial charge in [0.2, 0.25) is 0 Å². The Morgan fingerprint density at radius 1 is 1.35 bits per heavy atom. The number of nitrogens with zero attached hydrogens (tertiary/aromatic N) is 3. The minimum Gasteiger partial charge on any atom is -0.434 e. The van der Waals surface area contributed by atoms with Crippen molar-refractivity contribution in [3.63, 3.8) is 0 Å². The molecule has 0 aliphatic heterocycles. The molecule has 0 bridgehead atoms. The first-order valence-corrected chi connectivity index (χ1v) is 6.06. The Bertz CT molecular complexity index is 797. The Hall–Kier alpha value is -2.83. The number of carbonyl (C=O) groups is 1. The SMILES string of the molecule is CCOC(=O)Oc1ncc2c(n1)c1ccccc1n2N. The average Bonchev–Trinajstić information content (AvgIpc) is 2.73. The van der Waals surface area contributed by atoms with Gasteiger partial charge in [-0.15, -0.1) is 0 Å². The van der Waals surface area contributed by atoms with E-state index in [0.717, 1.165) is 10.9 Å². The van der Waals surface area contributed by atoms with E-state index in [1.807, 2.05) is 24.3 Å². The third-order valence-electron chi connectivity index (χ3n) is 2.86. The van der Waals surface area contributed by atoms with Gasteiger partial charge in [0.05, 0.1) is 18.3 Å². The van der Waals surface area contributed by atoms with E-state index < -0.39 is 6.16 Å². The normalized spacial score (nSPS) is 10.8. The van der Waals surface area contributed by atoms with Crippen LogP contribution in [0.2, 0.25) is 0 Å². The van der Waals surface area contributed by atoms with E-state index in [0.29, 0.717) is 11.0 Å². The van der Waals surface area contributed by atoms with Crippen LogP contribution in [-0.4, -0.2) is 27.4 Å². The number of rotatable bonds is 2. The maximum Gasteiger partial charge on any atom is 0.516 e. The molecule has 0 fully saturated rings. The van der Waals surface area contributed by atoms with Crippen LogP contribution in [0.1, 0.15) is 6.92 Å². The molecule has 2 heterocycles. The molecule has 0 aliphatic rings. The maximum absolute atomic E-state index is 11.3. The second kappa shape index (κ2) is 4.69. The molecule has 0 saturated carbocycles. The molecule has 2 N–H and O–H groups in total. The van der Waals surface area contributed by atoms with Gasteiger partial charge in [0.15, 0.2) is 0 Å². The lowest BCUT2D eigenvalue weighted by Gasteiger charge is -2.02. The highest BCUT2D eigenvalue weighted by molar-refractivity contribution is 6.05. The minimum atomic E-state index is -0.830. The van der Waals surface area contributed by atoms with Crippen molar-refractivity contribution in [2.45, 2.75) is 6.92 Å². The van der Waals surface area contributed by atoms with Gasteiger partial charge in [-0.25, -0.2) is 9.78 Å². The van der Waals surface area contributed by atoms with Gasteiger partial charge < -0.3 is 15.3 Å². The summed E-state index contributed by atoms with van der Waals surface area (Å²) in [6.45, 7) is 1.91. The second-order valence-electron chi connectivity index (χ2n) is 4.06. The van der Waals surface area contributed by atoms with Crippen LogP contribution in [0.4, 0.5) is 4.79 Å². The van der Waals surface area contributed by atoms with Gasteiger partial charge in [0.25, 0.3) is 0 Å². The van der Waals surface area contributed by atoms with Crippen molar-refractivity contribution in [2.75, 3.05) is 12.4 Å². The summed E-state index contributed by atoms with van der Waals surface area (Å²) in [5.74, 6) is 5.98. The quantitative estimate of drug-likeness (QED) is 0.565. The van der Waals surface area contributed by atoms with E-state index >= 15 is 0 Å². The fraction of sp³-hybridized carbons (Fsp3) is 0.154. The molecule has 7 heteroatoms. The topological polar surface area (TPSA) is 92.3 Å². The van der Waals surface area contributed by atoms with Crippen LogP contribution >= 0.6 is 0 Å². The van der Waals surface area contributed by atoms with Crippen molar-refractivity contribution in [1.29, 1.82) is 0 Å². The van der Waals surface area contributed by atoms with Crippen molar-refractivity contribution < 1.29 is 14.3 Å². The minimum absolute atomic E-state index is 0.0627. The van der Waals surface area contributed by atoms with Crippen molar-refractivity contribution in [1.82, 2.24) is 14.6 Å². The monoisotopic (exact) mass is 272 g/mol. The highest BCUT2D eigenvalue weighted by atomic mass is 16.7. The number of hydrogen-bond acceptors (Lipinski definition) is 6. The summed E-state index contributed by atoms with van der Waals surface area (Å²) < 4.78 is 11.1. The lowest BCUT2D eigenvalue weighted by Crippen LogP contribution is -2.12. The van der Waals surface area contributed by atoms with Gasteiger partial charge in [0.1, 0.15) is 11.0 Å². The van der Waals surface area contributed by atoms with Crippen molar-refractivity contribution in [3.8, 4) is 6.01 Å². The van der Waals surface area contributed by atoms with E-state index in [4.69, 9.17) is 10.6 Å². The molecule has 3 aromatic rings. The van der Waals surface area contributed by atoms with Crippen LogP contribution in [0.15, 0.2) is 30.5 Å². The summed E-state index contributed by atoms with van der Waals surface area (Å²) in [5.41, 5.74) is 2.10. The zero-order valence-corrected chi connectivity index (χ0v) is 10.7. The van der Waals surface area contributed by atoms with Gasteiger partial charge in [-0.3, -0.25) is 4.68 Å². The van der Waals surface area contributed by atoms with Gasteiger partial charge in [-0.05, 0) is 13.0 Å². The standard InChI is InChI=1S/C13H12N4O3/c1-2-19-13(18)20-12-15-7-10-11(16-12)8-5-3-4-6-9(8)17(10)14/h3-7H,2,14H2,1H3. The van der Waals surface area contributed by atoms with Gasteiger partial charge in [-0.1, -0.05) is 18.2 Å². The van der Waals surface area contributed by atoms with Crippen LogP contribution < -0.4 is 10.6 Å². The molecule has 0 unspecified atom stereocenters. The third-order valence-corrected chi connectivity index (χ3v) is 2.86. The first-order valence-electron chi connectivity index (χ1n) is 6.06. The molecule has 0 spiro atoms. The lowest BCUT2D eigenvalue weighted by molar-refractivity contribution is 0.101. The predicted octanol–water partition coefficient (Wildman–Crippen LogP) is 1.83. The van der Waals surface area contributed by atoms with Crippen LogP contribution in [0.5, 0.6) is 6.01 Å². The fourth-order valence-corrected chi connectivity index (χ4v) is 2.02. The predicted molar refractivity (Wildman–Crippen MR) is 72.8 cm³/mol. The second-order valence-corrected chi connectivity index (χ2v) is 4.06. The largest absolute Gasteiger partial charge is 0.516 e. The molecule has 0 amide bonds. The lowest BCUT2D eigenvalue weighted by atomic mass is 10.2. The van der Waals surface area contributed by atoms with E-state index in [2.05, 4.69) is 14.7 Å². The highest BCUT2D eigenvalue weighted by Gasteiger charge is 2.13. The molecule has 2 aromatic heterocycles. The number of nitrogen functional groups attached to an aromatic ring is 1. The van der Waals surface area contributed by atoms with Gasteiger partial charge in [0, 0.05) is 5.39 Å². The summed E-state index contributed by atoms with van der Waals surface area (Å²) in [6.07, 6.45) is 0.681. The Morgan fingerprint density at radius 3 is 2.95 bits per heavy atom. The van der Waals surface area contributed by atoms with Crippen molar-refractivity contribution in [2.24, 2.45) is 0 Å². The summed E-state index contributed by atoms with van der Waals surface area (Å²) in [5, 5.41) is 0.862. The smallest absolute Gasteiger partial charge is 0.434 e. The van der Waals surface area contributed by atoms with E-state index in [1.54, 1.807) is 6.92 Å².